The fourth-order valence-electron chi connectivity index (χ4n) is 4.17. The number of carbonyl (C=O) groups excluding carboxylic acids is 2. The summed E-state index contributed by atoms with van der Waals surface area (Å²) in [7, 11) is -4.09. The number of nitrogens with zero attached hydrogens (tertiary/aromatic N) is 2. The van der Waals surface area contributed by atoms with Crippen LogP contribution < -0.4 is 9.62 Å². The van der Waals surface area contributed by atoms with Crippen molar-refractivity contribution in [1.29, 1.82) is 0 Å². The number of anilines is 1. The minimum atomic E-state index is -4.09. The van der Waals surface area contributed by atoms with Gasteiger partial charge in [0.05, 0.1) is 10.6 Å². The van der Waals surface area contributed by atoms with Crippen molar-refractivity contribution in [3.05, 3.63) is 89.5 Å². The average molecular weight is 582 g/mol. The van der Waals surface area contributed by atoms with Gasteiger partial charge in [-0.05, 0) is 82.3 Å². The van der Waals surface area contributed by atoms with Crippen LogP contribution in [0, 0.1) is 13.8 Å². The summed E-state index contributed by atoms with van der Waals surface area (Å²) >= 11 is 1.52. The lowest BCUT2D eigenvalue weighted by molar-refractivity contribution is -0.139. The van der Waals surface area contributed by atoms with Gasteiger partial charge in [-0.1, -0.05) is 54.4 Å². The van der Waals surface area contributed by atoms with Crippen molar-refractivity contribution in [2.45, 2.75) is 69.5 Å². The molecule has 40 heavy (non-hydrogen) atoms. The second-order valence-electron chi connectivity index (χ2n) is 10.0. The predicted molar refractivity (Wildman–Crippen MR) is 163 cm³/mol. The number of hydrogen-bond acceptors (Lipinski definition) is 5. The number of sulfonamides is 1. The van der Waals surface area contributed by atoms with Crippen LogP contribution in [0.2, 0.25) is 0 Å². The Kier molecular flexibility index (Phi) is 10.8. The van der Waals surface area contributed by atoms with Crippen LogP contribution in [-0.2, 0) is 26.2 Å². The number of amides is 2. The van der Waals surface area contributed by atoms with E-state index in [1.54, 1.807) is 43.3 Å². The van der Waals surface area contributed by atoms with Crippen LogP contribution in [0.1, 0.15) is 43.9 Å². The summed E-state index contributed by atoms with van der Waals surface area (Å²) in [4.78, 5) is 29.6. The number of carbonyl (C=O) groups is 2. The van der Waals surface area contributed by atoms with Crippen molar-refractivity contribution >= 4 is 39.3 Å². The topological polar surface area (TPSA) is 86.8 Å². The molecule has 0 saturated heterocycles. The third-order valence-electron chi connectivity index (χ3n) is 6.85. The van der Waals surface area contributed by atoms with Crippen molar-refractivity contribution in [2.75, 3.05) is 17.1 Å². The van der Waals surface area contributed by atoms with Gasteiger partial charge in [0.1, 0.15) is 12.6 Å². The smallest absolute Gasteiger partial charge is 0.264 e. The quantitative estimate of drug-likeness (QED) is 0.283. The van der Waals surface area contributed by atoms with Crippen LogP contribution in [0.15, 0.2) is 82.6 Å². The summed E-state index contributed by atoms with van der Waals surface area (Å²) in [6.45, 7) is 9.14. The molecule has 214 valence electrons. The maximum absolute atomic E-state index is 14.0. The first-order valence-corrected chi connectivity index (χ1v) is 16.0. The summed E-state index contributed by atoms with van der Waals surface area (Å²) in [5.41, 5.74) is 3.22. The van der Waals surface area contributed by atoms with Crippen LogP contribution in [0.3, 0.4) is 0 Å². The van der Waals surface area contributed by atoms with E-state index in [0.29, 0.717) is 5.69 Å². The van der Waals surface area contributed by atoms with Gasteiger partial charge in [0.2, 0.25) is 11.8 Å². The molecule has 7 nitrogen and oxygen atoms in total. The van der Waals surface area contributed by atoms with E-state index in [1.165, 1.54) is 16.7 Å². The average Bonchev–Trinajstić information content (AvgIpc) is 2.94. The van der Waals surface area contributed by atoms with Gasteiger partial charge in [-0.15, -0.1) is 11.8 Å². The molecule has 0 bridgehead atoms. The molecule has 0 aliphatic heterocycles. The van der Waals surface area contributed by atoms with E-state index in [9.17, 15) is 18.0 Å². The lowest BCUT2D eigenvalue weighted by atomic mass is 10.1. The minimum absolute atomic E-state index is 0.0560. The van der Waals surface area contributed by atoms with E-state index < -0.39 is 28.5 Å². The summed E-state index contributed by atoms with van der Waals surface area (Å²) in [5, 5.41) is 2.95. The zero-order valence-electron chi connectivity index (χ0n) is 24.0. The molecule has 2 amide bonds. The molecule has 3 aromatic rings. The van der Waals surface area contributed by atoms with E-state index in [1.807, 2.05) is 70.3 Å². The van der Waals surface area contributed by atoms with Crippen LogP contribution in [0.4, 0.5) is 5.69 Å². The highest BCUT2D eigenvalue weighted by Gasteiger charge is 2.32. The summed E-state index contributed by atoms with van der Waals surface area (Å²) in [6.07, 6.45) is 2.67. The number of hydrogen-bond donors (Lipinski definition) is 1. The van der Waals surface area contributed by atoms with Gasteiger partial charge < -0.3 is 10.2 Å². The van der Waals surface area contributed by atoms with Gasteiger partial charge in [-0.25, -0.2) is 8.42 Å². The maximum atomic E-state index is 14.0. The Balaban J connectivity index is 2.02. The van der Waals surface area contributed by atoms with Gasteiger partial charge >= 0.3 is 0 Å². The zero-order chi connectivity index (χ0) is 29.4. The maximum Gasteiger partial charge on any atom is 0.264 e. The van der Waals surface area contributed by atoms with E-state index in [0.717, 1.165) is 32.3 Å². The molecule has 9 heteroatoms. The molecule has 3 rings (SSSR count). The molecule has 0 aliphatic carbocycles. The predicted octanol–water partition coefficient (Wildman–Crippen LogP) is 5.55. The first-order chi connectivity index (χ1) is 19.0. The number of rotatable bonds is 12. The van der Waals surface area contributed by atoms with Gasteiger partial charge in [0, 0.05) is 17.5 Å². The summed E-state index contributed by atoms with van der Waals surface area (Å²) in [5.74, 6) is -0.758. The Labute approximate surface area is 243 Å². The molecule has 0 saturated carbocycles. The largest absolute Gasteiger partial charge is 0.352 e. The fourth-order valence-corrected chi connectivity index (χ4v) is 5.99. The van der Waals surface area contributed by atoms with E-state index in [2.05, 4.69) is 5.32 Å². The minimum Gasteiger partial charge on any atom is -0.352 e. The van der Waals surface area contributed by atoms with Crippen LogP contribution in [-0.4, -0.2) is 50.0 Å². The Morgan fingerprint density at radius 1 is 0.925 bits per heavy atom. The lowest BCUT2D eigenvalue weighted by Gasteiger charge is -2.32. The molecule has 0 fully saturated rings. The summed E-state index contributed by atoms with van der Waals surface area (Å²) < 4.78 is 29.0. The molecular weight excluding hydrogens is 542 g/mol. The van der Waals surface area contributed by atoms with Crippen molar-refractivity contribution in [1.82, 2.24) is 10.2 Å². The third kappa shape index (κ3) is 7.88. The molecule has 0 aliphatic rings. The molecule has 1 N–H and O–H groups in total. The van der Waals surface area contributed by atoms with Crippen molar-refractivity contribution < 1.29 is 18.0 Å². The standard InChI is InChI=1S/C31H39N3O4S2/c1-7-24(4)32-31(36)25(5)33(20-26-10-8-9-23(3)19-26)30(35)21-34(27-13-11-22(2)12-14-27)40(37,38)29-17-15-28(39-6)16-18-29/h8-19,24-25H,7,20-21H2,1-6H3,(H,32,36). The molecule has 0 spiro atoms. The molecule has 0 aromatic heterocycles. The van der Waals surface area contributed by atoms with Crippen molar-refractivity contribution in [2.24, 2.45) is 0 Å². The van der Waals surface area contributed by atoms with Gasteiger partial charge in [0.25, 0.3) is 10.0 Å². The highest BCUT2D eigenvalue weighted by atomic mass is 32.2. The fraction of sp³-hybridized carbons (Fsp3) is 0.355. The Morgan fingerprint density at radius 3 is 2.15 bits per heavy atom. The van der Waals surface area contributed by atoms with Crippen molar-refractivity contribution in [3.63, 3.8) is 0 Å². The number of aryl methyl sites for hydroxylation is 2. The highest BCUT2D eigenvalue weighted by Crippen LogP contribution is 2.26. The van der Waals surface area contributed by atoms with Crippen molar-refractivity contribution in [3.8, 4) is 0 Å². The number of nitrogens with one attached hydrogen (secondary N) is 1. The molecule has 2 atom stereocenters. The number of benzene rings is 3. The van der Waals surface area contributed by atoms with Crippen LogP contribution in [0.25, 0.3) is 0 Å². The Bertz CT molecular complexity index is 1410. The lowest BCUT2D eigenvalue weighted by Crippen LogP contribution is -2.52. The van der Waals surface area contributed by atoms with Gasteiger partial charge in [0.15, 0.2) is 0 Å². The first kappa shape index (κ1) is 31.2. The third-order valence-corrected chi connectivity index (χ3v) is 9.38. The number of thioether (sulfide) groups is 1. The van der Waals surface area contributed by atoms with E-state index in [4.69, 9.17) is 0 Å². The summed E-state index contributed by atoms with van der Waals surface area (Å²) in [6, 6.07) is 20.5. The molecule has 2 unspecified atom stereocenters. The molecule has 3 aromatic carbocycles. The zero-order valence-corrected chi connectivity index (χ0v) is 25.7. The first-order valence-electron chi connectivity index (χ1n) is 13.3. The molecule has 0 radical (unpaired) electrons. The molecular formula is C31H39N3O4S2. The Morgan fingerprint density at radius 2 is 1.57 bits per heavy atom. The van der Waals surface area contributed by atoms with Crippen LogP contribution in [0.5, 0.6) is 0 Å². The van der Waals surface area contributed by atoms with Crippen LogP contribution >= 0.6 is 11.8 Å². The van der Waals surface area contributed by atoms with E-state index >= 15 is 0 Å². The monoisotopic (exact) mass is 581 g/mol. The van der Waals surface area contributed by atoms with E-state index in [-0.39, 0.29) is 23.4 Å². The van der Waals surface area contributed by atoms with Gasteiger partial charge in [-0.3, -0.25) is 13.9 Å². The second-order valence-corrected chi connectivity index (χ2v) is 12.8. The normalized spacial score (nSPS) is 12.8. The second kappa shape index (κ2) is 13.9. The molecule has 0 heterocycles. The highest BCUT2D eigenvalue weighted by molar-refractivity contribution is 7.98. The Hall–Kier alpha value is -3.30. The van der Waals surface area contributed by atoms with Gasteiger partial charge in [-0.2, -0.15) is 0 Å². The SMILES string of the molecule is CCC(C)NC(=O)C(C)N(Cc1cccc(C)c1)C(=O)CN(c1ccc(C)cc1)S(=O)(=O)c1ccc(SC)cc1.